The van der Waals surface area contributed by atoms with Crippen LogP contribution in [-0.2, 0) is 0 Å². The normalized spacial score (nSPS) is 17.4. The summed E-state index contributed by atoms with van der Waals surface area (Å²) in [6, 6.07) is 12.7. The van der Waals surface area contributed by atoms with Crippen LogP contribution in [0.5, 0.6) is 0 Å². The van der Waals surface area contributed by atoms with E-state index in [1.165, 1.54) is 6.07 Å². The van der Waals surface area contributed by atoms with Gasteiger partial charge in [-0.25, -0.2) is 9.37 Å². The molecule has 1 fully saturated rings. The Bertz CT molecular complexity index is 948. The van der Waals surface area contributed by atoms with Crippen molar-refractivity contribution in [2.24, 2.45) is 0 Å². The zero-order chi connectivity index (χ0) is 18.3. The summed E-state index contributed by atoms with van der Waals surface area (Å²) >= 11 is 0. The van der Waals surface area contributed by atoms with Gasteiger partial charge in [0.25, 0.3) is 5.91 Å². The summed E-state index contributed by atoms with van der Waals surface area (Å²) in [5, 5.41) is 0. The molecule has 3 aromatic rings. The molecule has 1 saturated heterocycles. The Morgan fingerprint density at radius 3 is 2.65 bits per heavy atom. The number of likely N-dealkylation sites (N-methyl/N-ethyl adjacent to an activating group) is 1. The van der Waals surface area contributed by atoms with Gasteiger partial charge < -0.3 is 9.80 Å². The van der Waals surface area contributed by atoms with E-state index >= 15 is 0 Å². The first-order chi connectivity index (χ1) is 12.5. The molecule has 1 amide bonds. The molecule has 134 valence electrons. The summed E-state index contributed by atoms with van der Waals surface area (Å²) in [6.07, 6.45) is 2.61. The average Bonchev–Trinajstić information content (AvgIpc) is 3.29. The van der Waals surface area contributed by atoms with Gasteiger partial charge in [0.2, 0.25) is 0 Å². The maximum absolute atomic E-state index is 13.8. The third-order valence-electron chi connectivity index (χ3n) is 5.10. The van der Waals surface area contributed by atoms with Crippen molar-refractivity contribution in [3.8, 4) is 5.69 Å². The van der Waals surface area contributed by atoms with E-state index in [0.717, 1.165) is 25.2 Å². The van der Waals surface area contributed by atoms with Gasteiger partial charge in [-0.2, -0.15) is 0 Å². The highest BCUT2D eigenvalue weighted by Gasteiger charge is 2.28. The summed E-state index contributed by atoms with van der Waals surface area (Å²) in [4.78, 5) is 20.9. The number of nitrogens with zero attached hydrogens (tertiary/aromatic N) is 4. The highest BCUT2D eigenvalue weighted by molar-refractivity contribution is 5.94. The first-order valence-corrected chi connectivity index (χ1v) is 8.72. The lowest BCUT2D eigenvalue weighted by Gasteiger charge is -2.20. The van der Waals surface area contributed by atoms with E-state index in [4.69, 9.17) is 0 Å². The van der Waals surface area contributed by atoms with Crippen molar-refractivity contribution in [2.75, 3.05) is 27.2 Å². The van der Waals surface area contributed by atoms with Crippen LogP contribution < -0.4 is 0 Å². The third-order valence-corrected chi connectivity index (χ3v) is 5.10. The molecule has 1 unspecified atom stereocenters. The SMILES string of the molecule is CN(C)C1CCN(C(=O)c2ccc(-n3cnc4c(F)cccc43)cc2)C1. The van der Waals surface area contributed by atoms with Crippen LogP contribution in [0.25, 0.3) is 16.7 Å². The first-order valence-electron chi connectivity index (χ1n) is 8.72. The number of halogens is 1. The second kappa shape index (κ2) is 6.53. The van der Waals surface area contributed by atoms with Crippen LogP contribution in [0.3, 0.4) is 0 Å². The molecule has 2 heterocycles. The molecule has 1 aliphatic rings. The second-order valence-electron chi connectivity index (χ2n) is 6.93. The van der Waals surface area contributed by atoms with Crippen molar-refractivity contribution in [3.63, 3.8) is 0 Å². The summed E-state index contributed by atoms with van der Waals surface area (Å²) in [6.45, 7) is 1.55. The number of amides is 1. The van der Waals surface area contributed by atoms with Crippen molar-refractivity contribution in [2.45, 2.75) is 12.5 Å². The highest BCUT2D eigenvalue weighted by Crippen LogP contribution is 2.22. The number of para-hydroxylation sites is 1. The van der Waals surface area contributed by atoms with E-state index in [1.807, 2.05) is 53.9 Å². The largest absolute Gasteiger partial charge is 0.337 e. The van der Waals surface area contributed by atoms with E-state index in [9.17, 15) is 9.18 Å². The average molecular weight is 352 g/mol. The summed E-state index contributed by atoms with van der Waals surface area (Å²) in [7, 11) is 4.09. The lowest BCUT2D eigenvalue weighted by molar-refractivity contribution is 0.0783. The Hall–Kier alpha value is -2.73. The fourth-order valence-electron chi connectivity index (χ4n) is 3.50. The van der Waals surface area contributed by atoms with Gasteiger partial charge in [-0.05, 0) is 56.9 Å². The second-order valence-corrected chi connectivity index (χ2v) is 6.93. The fraction of sp³-hybridized carbons (Fsp3) is 0.300. The quantitative estimate of drug-likeness (QED) is 0.728. The number of aromatic nitrogens is 2. The third kappa shape index (κ3) is 2.86. The van der Waals surface area contributed by atoms with E-state index < -0.39 is 0 Å². The molecule has 0 N–H and O–H groups in total. The molecule has 0 radical (unpaired) electrons. The maximum atomic E-state index is 13.8. The van der Waals surface area contributed by atoms with Crippen LogP contribution in [0.2, 0.25) is 0 Å². The van der Waals surface area contributed by atoms with Crippen LogP contribution in [0.1, 0.15) is 16.8 Å². The summed E-state index contributed by atoms with van der Waals surface area (Å²) < 4.78 is 15.6. The van der Waals surface area contributed by atoms with Crippen molar-refractivity contribution >= 4 is 16.9 Å². The number of hydrogen-bond acceptors (Lipinski definition) is 3. The highest BCUT2D eigenvalue weighted by atomic mass is 19.1. The van der Waals surface area contributed by atoms with Crippen LogP contribution in [0.15, 0.2) is 48.8 Å². The molecule has 0 aliphatic carbocycles. The van der Waals surface area contributed by atoms with Gasteiger partial charge in [-0.1, -0.05) is 6.07 Å². The molecular formula is C20H21FN4O. The molecule has 0 bridgehead atoms. The zero-order valence-electron chi connectivity index (χ0n) is 14.9. The van der Waals surface area contributed by atoms with E-state index in [2.05, 4.69) is 9.88 Å². The molecule has 1 aromatic heterocycles. The van der Waals surface area contributed by atoms with Crippen molar-refractivity contribution < 1.29 is 9.18 Å². The van der Waals surface area contributed by atoms with Crippen LogP contribution in [0, 0.1) is 5.82 Å². The van der Waals surface area contributed by atoms with Gasteiger partial charge in [0, 0.05) is 30.4 Å². The fourth-order valence-corrected chi connectivity index (χ4v) is 3.50. The molecule has 0 spiro atoms. The first kappa shape index (κ1) is 16.7. The van der Waals surface area contributed by atoms with E-state index in [-0.39, 0.29) is 11.7 Å². The monoisotopic (exact) mass is 352 g/mol. The molecule has 0 saturated carbocycles. The number of hydrogen-bond donors (Lipinski definition) is 0. The topological polar surface area (TPSA) is 41.4 Å². The number of fused-ring (bicyclic) bond motifs is 1. The Morgan fingerprint density at radius 2 is 1.96 bits per heavy atom. The van der Waals surface area contributed by atoms with Gasteiger partial charge in [0.1, 0.15) is 11.8 Å². The minimum atomic E-state index is -0.336. The Balaban J connectivity index is 1.57. The smallest absolute Gasteiger partial charge is 0.253 e. The Kier molecular flexibility index (Phi) is 4.20. The van der Waals surface area contributed by atoms with Crippen molar-refractivity contribution in [1.82, 2.24) is 19.4 Å². The van der Waals surface area contributed by atoms with Gasteiger partial charge in [0.05, 0.1) is 5.52 Å². The lowest BCUT2D eigenvalue weighted by Crippen LogP contribution is -2.34. The van der Waals surface area contributed by atoms with Crippen LogP contribution in [-0.4, -0.2) is 58.5 Å². The predicted molar refractivity (Wildman–Crippen MR) is 99.0 cm³/mol. The van der Waals surface area contributed by atoms with Gasteiger partial charge in [-0.15, -0.1) is 0 Å². The Morgan fingerprint density at radius 1 is 1.19 bits per heavy atom. The molecule has 26 heavy (non-hydrogen) atoms. The number of carbonyl (C=O) groups excluding carboxylic acids is 1. The predicted octanol–water partition coefficient (Wildman–Crippen LogP) is 2.94. The van der Waals surface area contributed by atoms with Crippen LogP contribution in [0.4, 0.5) is 4.39 Å². The number of carbonyl (C=O) groups is 1. The number of rotatable bonds is 3. The standard InChI is InChI=1S/C20H21FN4O/c1-23(2)16-10-11-24(12-16)20(26)14-6-8-15(9-7-14)25-13-22-19-17(21)4-3-5-18(19)25/h3-9,13,16H,10-12H2,1-2H3. The van der Waals surface area contributed by atoms with Crippen molar-refractivity contribution in [1.29, 1.82) is 0 Å². The van der Waals surface area contributed by atoms with Crippen molar-refractivity contribution in [3.05, 3.63) is 60.2 Å². The van der Waals surface area contributed by atoms with E-state index in [1.54, 1.807) is 12.4 Å². The minimum absolute atomic E-state index is 0.0578. The number of imidazole rings is 1. The van der Waals surface area contributed by atoms with E-state index in [0.29, 0.717) is 22.6 Å². The summed E-state index contributed by atoms with van der Waals surface area (Å²) in [5.74, 6) is -0.278. The molecular weight excluding hydrogens is 331 g/mol. The zero-order valence-corrected chi connectivity index (χ0v) is 14.9. The molecule has 6 heteroatoms. The lowest BCUT2D eigenvalue weighted by atomic mass is 10.1. The maximum Gasteiger partial charge on any atom is 0.253 e. The molecule has 1 atom stereocenters. The minimum Gasteiger partial charge on any atom is -0.337 e. The van der Waals surface area contributed by atoms with Gasteiger partial charge >= 0.3 is 0 Å². The molecule has 2 aromatic carbocycles. The molecule has 1 aliphatic heterocycles. The molecule has 4 rings (SSSR count). The van der Waals surface area contributed by atoms with Gasteiger partial charge in [0.15, 0.2) is 5.82 Å². The Labute approximate surface area is 151 Å². The number of benzene rings is 2. The summed E-state index contributed by atoms with van der Waals surface area (Å²) in [5.41, 5.74) is 2.57. The molecule has 5 nitrogen and oxygen atoms in total. The van der Waals surface area contributed by atoms with Crippen LogP contribution >= 0.6 is 0 Å². The number of likely N-dealkylation sites (tertiary alicyclic amines) is 1. The van der Waals surface area contributed by atoms with Gasteiger partial charge in [-0.3, -0.25) is 9.36 Å².